The summed E-state index contributed by atoms with van der Waals surface area (Å²) in [7, 11) is 0. The molecule has 1 heterocycles. The SMILES string of the molecule is O=C(O)c1ccc2nc(Nc3ccc(OC(F)(F)F)cc3)cnc2c1. The number of rotatable bonds is 4. The maximum absolute atomic E-state index is 12.1. The zero-order valence-electron chi connectivity index (χ0n) is 12.4. The number of benzene rings is 2. The summed E-state index contributed by atoms with van der Waals surface area (Å²) < 4.78 is 40.2. The second kappa shape index (κ2) is 6.27. The molecule has 6 nitrogen and oxygen atoms in total. The average molecular weight is 349 g/mol. The summed E-state index contributed by atoms with van der Waals surface area (Å²) in [4.78, 5) is 19.3. The molecule has 9 heteroatoms. The van der Waals surface area contributed by atoms with E-state index < -0.39 is 12.3 Å². The monoisotopic (exact) mass is 349 g/mol. The number of aromatic carboxylic acids is 1. The summed E-state index contributed by atoms with van der Waals surface area (Å²) in [5.41, 5.74) is 1.49. The predicted molar refractivity (Wildman–Crippen MR) is 82.9 cm³/mol. The molecule has 0 aliphatic carbocycles. The highest BCUT2D eigenvalue weighted by Crippen LogP contribution is 2.25. The van der Waals surface area contributed by atoms with E-state index in [0.29, 0.717) is 22.5 Å². The molecule has 0 aliphatic rings. The van der Waals surface area contributed by atoms with Crippen molar-refractivity contribution in [1.82, 2.24) is 9.97 Å². The lowest BCUT2D eigenvalue weighted by atomic mass is 10.2. The van der Waals surface area contributed by atoms with Gasteiger partial charge in [-0.3, -0.25) is 4.98 Å². The molecular formula is C16H10F3N3O3. The van der Waals surface area contributed by atoms with Gasteiger partial charge in [0.15, 0.2) is 0 Å². The Kier molecular flexibility index (Phi) is 4.14. The van der Waals surface area contributed by atoms with E-state index in [4.69, 9.17) is 5.11 Å². The van der Waals surface area contributed by atoms with Crippen LogP contribution in [-0.4, -0.2) is 27.4 Å². The van der Waals surface area contributed by atoms with E-state index in [2.05, 4.69) is 20.0 Å². The molecule has 0 atom stereocenters. The third-order valence-electron chi connectivity index (χ3n) is 3.15. The van der Waals surface area contributed by atoms with Gasteiger partial charge >= 0.3 is 12.3 Å². The van der Waals surface area contributed by atoms with Gasteiger partial charge in [-0.1, -0.05) is 0 Å². The first-order valence-corrected chi connectivity index (χ1v) is 6.93. The maximum atomic E-state index is 12.1. The van der Waals surface area contributed by atoms with Crippen LogP contribution in [0.3, 0.4) is 0 Å². The lowest BCUT2D eigenvalue weighted by molar-refractivity contribution is -0.274. The topological polar surface area (TPSA) is 84.3 Å². The third-order valence-corrected chi connectivity index (χ3v) is 3.15. The van der Waals surface area contributed by atoms with Crippen LogP contribution in [0.1, 0.15) is 10.4 Å². The van der Waals surface area contributed by atoms with Crippen molar-refractivity contribution in [3.63, 3.8) is 0 Å². The van der Waals surface area contributed by atoms with Gasteiger partial charge in [-0.15, -0.1) is 13.2 Å². The third kappa shape index (κ3) is 4.14. The highest BCUT2D eigenvalue weighted by atomic mass is 19.4. The number of carboxylic acid groups (broad SMARTS) is 1. The fourth-order valence-electron chi connectivity index (χ4n) is 2.09. The second-order valence-electron chi connectivity index (χ2n) is 4.96. The Morgan fingerprint density at radius 2 is 1.80 bits per heavy atom. The van der Waals surface area contributed by atoms with Gasteiger partial charge < -0.3 is 15.2 Å². The molecule has 0 saturated carbocycles. The number of hydrogen-bond acceptors (Lipinski definition) is 5. The Labute approximate surface area is 138 Å². The minimum absolute atomic E-state index is 0.0998. The van der Waals surface area contributed by atoms with Crippen LogP contribution in [0.5, 0.6) is 5.75 Å². The fourth-order valence-corrected chi connectivity index (χ4v) is 2.09. The number of anilines is 2. The number of halogens is 3. The summed E-state index contributed by atoms with van der Waals surface area (Å²) in [6.45, 7) is 0. The van der Waals surface area contributed by atoms with Gasteiger partial charge in [-0.05, 0) is 42.5 Å². The average Bonchev–Trinajstić information content (AvgIpc) is 2.55. The molecule has 0 spiro atoms. The highest BCUT2D eigenvalue weighted by molar-refractivity contribution is 5.92. The zero-order valence-corrected chi connectivity index (χ0v) is 12.4. The van der Waals surface area contributed by atoms with Crippen molar-refractivity contribution in [3.05, 3.63) is 54.2 Å². The van der Waals surface area contributed by atoms with Gasteiger partial charge in [0.25, 0.3) is 0 Å². The van der Waals surface area contributed by atoms with Crippen LogP contribution in [0.15, 0.2) is 48.7 Å². The number of hydrogen-bond donors (Lipinski definition) is 2. The maximum Gasteiger partial charge on any atom is 0.573 e. The Balaban J connectivity index is 1.78. The molecule has 0 saturated heterocycles. The van der Waals surface area contributed by atoms with Crippen molar-refractivity contribution in [1.29, 1.82) is 0 Å². The molecule has 0 aliphatic heterocycles. The molecule has 0 amide bonds. The van der Waals surface area contributed by atoms with Crippen molar-refractivity contribution in [2.45, 2.75) is 6.36 Å². The Morgan fingerprint density at radius 3 is 2.44 bits per heavy atom. The van der Waals surface area contributed by atoms with Gasteiger partial charge in [0, 0.05) is 5.69 Å². The largest absolute Gasteiger partial charge is 0.573 e. The summed E-state index contributed by atoms with van der Waals surface area (Å²) in [5.74, 6) is -1.03. The summed E-state index contributed by atoms with van der Waals surface area (Å²) in [6, 6.07) is 9.48. The lowest BCUT2D eigenvalue weighted by Crippen LogP contribution is -2.16. The minimum Gasteiger partial charge on any atom is -0.478 e. The first kappa shape index (κ1) is 16.5. The number of fused-ring (bicyclic) bond motifs is 1. The highest BCUT2D eigenvalue weighted by Gasteiger charge is 2.30. The molecule has 0 bridgehead atoms. The Hall–Kier alpha value is -3.36. The molecule has 3 aromatic rings. The summed E-state index contributed by atoms with van der Waals surface area (Å²) in [6.07, 6.45) is -3.35. The van der Waals surface area contributed by atoms with Crippen LogP contribution >= 0.6 is 0 Å². The number of alkyl halides is 3. The first-order valence-electron chi connectivity index (χ1n) is 6.93. The van der Waals surface area contributed by atoms with E-state index in [1.165, 1.54) is 48.7 Å². The molecule has 1 aromatic heterocycles. The predicted octanol–water partition coefficient (Wildman–Crippen LogP) is 3.97. The van der Waals surface area contributed by atoms with Crippen LogP contribution in [0.2, 0.25) is 0 Å². The van der Waals surface area contributed by atoms with Crippen molar-refractivity contribution in [3.8, 4) is 5.75 Å². The number of carboxylic acids is 1. The number of nitrogens with one attached hydrogen (secondary N) is 1. The van der Waals surface area contributed by atoms with Crippen molar-refractivity contribution in [2.24, 2.45) is 0 Å². The van der Waals surface area contributed by atoms with E-state index in [1.807, 2.05) is 0 Å². The Bertz CT molecular complexity index is 927. The van der Waals surface area contributed by atoms with Crippen molar-refractivity contribution in [2.75, 3.05) is 5.32 Å². The van der Waals surface area contributed by atoms with Crippen LogP contribution < -0.4 is 10.1 Å². The smallest absolute Gasteiger partial charge is 0.478 e. The molecule has 128 valence electrons. The normalized spacial score (nSPS) is 11.3. The van der Waals surface area contributed by atoms with Crippen LogP contribution in [0.4, 0.5) is 24.7 Å². The van der Waals surface area contributed by atoms with E-state index >= 15 is 0 Å². The van der Waals surface area contributed by atoms with Crippen molar-refractivity contribution < 1.29 is 27.8 Å². The fraction of sp³-hybridized carbons (Fsp3) is 0.0625. The molecular weight excluding hydrogens is 339 g/mol. The quantitative estimate of drug-likeness (QED) is 0.741. The lowest BCUT2D eigenvalue weighted by Gasteiger charge is -2.10. The molecule has 2 N–H and O–H groups in total. The van der Waals surface area contributed by atoms with E-state index in [9.17, 15) is 18.0 Å². The minimum atomic E-state index is -4.74. The number of nitrogens with zero attached hydrogens (tertiary/aromatic N) is 2. The first-order chi connectivity index (χ1) is 11.8. The van der Waals surface area contributed by atoms with Crippen molar-refractivity contribution >= 4 is 28.5 Å². The van der Waals surface area contributed by atoms with E-state index in [1.54, 1.807) is 0 Å². The van der Waals surface area contributed by atoms with Crippen LogP contribution in [-0.2, 0) is 0 Å². The van der Waals surface area contributed by atoms with Gasteiger partial charge in [-0.25, -0.2) is 9.78 Å². The molecule has 0 fully saturated rings. The molecule has 25 heavy (non-hydrogen) atoms. The molecule has 3 rings (SSSR count). The summed E-state index contributed by atoms with van der Waals surface area (Å²) in [5, 5.41) is 11.8. The Morgan fingerprint density at radius 1 is 1.08 bits per heavy atom. The van der Waals surface area contributed by atoms with Gasteiger partial charge in [0.1, 0.15) is 11.6 Å². The van der Waals surface area contributed by atoms with Crippen LogP contribution in [0.25, 0.3) is 11.0 Å². The van der Waals surface area contributed by atoms with Crippen LogP contribution in [0, 0.1) is 0 Å². The molecule has 2 aromatic carbocycles. The second-order valence-corrected chi connectivity index (χ2v) is 4.96. The summed E-state index contributed by atoms with van der Waals surface area (Å²) >= 11 is 0. The number of ether oxygens (including phenoxy) is 1. The standard InChI is InChI=1S/C16H10F3N3O3/c17-16(18,19)25-11-4-2-10(3-5-11)21-14-8-20-13-7-9(15(23)24)1-6-12(13)22-14/h1-8H,(H,21,22)(H,23,24). The van der Waals surface area contributed by atoms with Gasteiger partial charge in [0.05, 0.1) is 22.8 Å². The molecule has 0 radical (unpaired) electrons. The van der Waals surface area contributed by atoms with E-state index in [-0.39, 0.29) is 11.3 Å². The van der Waals surface area contributed by atoms with Gasteiger partial charge in [0.2, 0.25) is 0 Å². The number of carbonyl (C=O) groups is 1. The van der Waals surface area contributed by atoms with Gasteiger partial charge in [-0.2, -0.15) is 0 Å². The zero-order chi connectivity index (χ0) is 18.0. The molecule has 0 unspecified atom stereocenters. The number of aromatic nitrogens is 2. The van der Waals surface area contributed by atoms with E-state index in [0.717, 1.165) is 0 Å².